The number of rotatable bonds is 3. The third-order valence-corrected chi connectivity index (χ3v) is 4.17. The predicted molar refractivity (Wildman–Crippen MR) is 85.8 cm³/mol. The zero-order valence-electron chi connectivity index (χ0n) is 12.1. The maximum atomic E-state index is 12.2. The summed E-state index contributed by atoms with van der Waals surface area (Å²) in [5.74, 6) is 0.250. The Bertz CT molecular complexity index is 646. The molecule has 0 heterocycles. The van der Waals surface area contributed by atoms with E-state index in [9.17, 15) is 4.79 Å². The Hall–Kier alpha value is -2.35. The van der Waals surface area contributed by atoms with Gasteiger partial charge in [-0.05, 0) is 23.1 Å². The number of hydrogen-bond donors (Lipinski definition) is 1. The molecule has 3 rings (SSSR count). The van der Waals surface area contributed by atoms with Gasteiger partial charge in [0.05, 0.1) is 5.92 Å². The van der Waals surface area contributed by atoms with E-state index in [0.717, 1.165) is 6.42 Å². The Morgan fingerprint density at radius 3 is 2.24 bits per heavy atom. The van der Waals surface area contributed by atoms with Gasteiger partial charge in [-0.25, -0.2) is 0 Å². The smallest absolute Gasteiger partial charge is 0.224 e. The van der Waals surface area contributed by atoms with Crippen molar-refractivity contribution in [1.82, 2.24) is 5.32 Å². The molecule has 0 saturated heterocycles. The van der Waals surface area contributed by atoms with Crippen molar-refractivity contribution in [2.24, 2.45) is 5.92 Å². The molecule has 1 amide bonds. The van der Waals surface area contributed by atoms with Crippen LogP contribution in [-0.4, -0.2) is 13.0 Å². The standard InChI is InChI=1S/C19H19NO/c1-20-19(21)18-13-16(14-8-4-2-5-9-14)12-17(18)15-10-6-3-7-11-15/h2-12,17-18H,13H2,1H3,(H,20,21). The lowest BCUT2D eigenvalue weighted by molar-refractivity contribution is -0.124. The molecule has 0 aliphatic heterocycles. The van der Waals surface area contributed by atoms with Crippen molar-refractivity contribution < 1.29 is 4.79 Å². The van der Waals surface area contributed by atoms with Gasteiger partial charge in [0.1, 0.15) is 0 Å². The fourth-order valence-electron chi connectivity index (χ4n) is 3.08. The van der Waals surface area contributed by atoms with Crippen LogP contribution >= 0.6 is 0 Å². The Labute approximate surface area is 125 Å². The van der Waals surface area contributed by atoms with Crippen LogP contribution in [0.2, 0.25) is 0 Å². The van der Waals surface area contributed by atoms with Gasteiger partial charge in [0.15, 0.2) is 0 Å². The van der Waals surface area contributed by atoms with Gasteiger partial charge in [-0.15, -0.1) is 0 Å². The molecule has 2 unspecified atom stereocenters. The lowest BCUT2D eigenvalue weighted by Gasteiger charge is -2.18. The molecular formula is C19H19NO. The summed E-state index contributed by atoms with van der Waals surface area (Å²) in [7, 11) is 1.71. The van der Waals surface area contributed by atoms with Crippen molar-refractivity contribution in [2.75, 3.05) is 7.05 Å². The van der Waals surface area contributed by atoms with Crippen LogP contribution in [0, 0.1) is 5.92 Å². The number of carbonyl (C=O) groups is 1. The van der Waals surface area contributed by atoms with E-state index in [0.29, 0.717) is 0 Å². The predicted octanol–water partition coefficient (Wildman–Crippen LogP) is 3.62. The summed E-state index contributed by atoms with van der Waals surface area (Å²) in [4.78, 5) is 12.2. The fraction of sp³-hybridized carbons (Fsp3) is 0.211. The van der Waals surface area contributed by atoms with E-state index in [1.165, 1.54) is 16.7 Å². The topological polar surface area (TPSA) is 29.1 Å². The first-order valence-electron chi connectivity index (χ1n) is 7.32. The monoisotopic (exact) mass is 277 g/mol. The van der Waals surface area contributed by atoms with Gasteiger partial charge < -0.3 is 5.32 Å². The molecule has 21 heavy (non-hydrogen) atoms. The second-order valence-electron chi connectivity index (χ2n) is 5.42. The summed E-state index contributed by atoms with van der Waals surface area (Å²) in [5, 5.41) is 2.81. The second-order valence-corrected chi connectivity index (χ2v) is 5.42. The molecule has 0 saturated carbocycles. The highest BCUT2D eigenvalue weighted by Crippen LogP contribution is 2.42. The quantitative estimate of drug-likeness (QED) is 0.912. The molecule has 1 N–H and O–H groups in total. The van der Waals surface area contributed by atoms with Gasteiger partial charge in [-0.1, -0.05) is 66.7 Å². The highest BCUT2D eigenvalue weighted by Gasteiger charge is 2.33. The highest BCUT2D eigenvalue weighted by atomic mass is 16.1. The average molecular weight is 277 g/mol. The van der Waals surface area contributed by atoms with E-state index in [1.807, 2.05) is 36.4 Å². The summed E-state index contributed by atoms with van der Waals surface area (Å²) in [6, 6.07) is 20.6. The maximum Gasteiger partial charge on any atom is 0.224 e. The Morgan fingerprint density at radius 1 is 1.00 bits per heavy atom. The number of benzene rings is 2. The van der Waals surface area contributed by atoms with E-state index >= 15 is 0 Å². The lowest BCUT2D eigenvalue weighted by atomic mass is 9.88. The number of nitrogens with one attached hydrogen (secondary N) is 1. The van der Waals surface area contributed by atoms with Gasteiger partial charge in [0, 0.05) is 13.0 Å². The molecule has 0 spiro atoms. The SMILES string of the molecule is CNC(=O)C1CC(c2ccccc2)=CC1c1ccccc1. The zero-order valence-corrected chi connectivity index (χ0v) is 12.1. The fourth-order valence-corrected chi connectivity index (χ4v) is 3.08. The van der Waals surface area contributed by atoms with Crippen LogP contribution in [0.1, 0.15) is 23.5 Å². The minimum Gasteiger partial charge on any atom is -0.359 e. The highest BCUT2D eigenvalue weighted by molar-refractivity contribution is 5.85. The van der Waals surface area contributed by atoms with E-state index in [4.69, 9.17) is 0 Å². The first-order chi connectivity index (χ1) is 10.3. The molecule has 2 aromatic carbocycles. The minimum atomic E-state index is -0.0207. The third kappa shape index (κ3) is 2.75. The Balaban J connectivity index is 1.97. The first-order valence-corrected chi connectivity index (χ1v) is 7.32. The van der Waals surface area contributed by atoms with Crippen molar-refractivity contribution >= 4 is 11.5 Å². The lowest BCUT2D eigenvalue weighted by Crippen LogP contribution is -2.29. The maximum absolute atomic E-state index is 12.2. The van der Waals surface area contributed by atoms with Gasteiger partial charge in [-0.2, -0.15) is 0 Å². The van der Waals surface area contributed by atoms with Crippen LogP contribution in [0.25, 0.3) is 5.57 Å². The van der Waals surface area contributed by atoms with Gasteiger partial charge >= 0.3 is 0 Å². The summed E-state index contributed by atoms with van der Waals surface area (Å²) in [5.41, 5.74) is 3.68. The molecule has 2 heteroatoms. The molecule has 1 aliphatic rings. The normalized spacial score (nSPS) is 20.9. The van der Waals surface area contributed by atoms with Crippen molar-refractivity contribution in [3.63, 3.8) is 0 Å². The third-order valence-electron chi connectivity index (χ3n) is 4.17. The van der Waals surface area contributed by atoms with Crippen molar-refractivity contribution in [1.29, 1.82) is 0 Å². The van der Waals surface area contributed by atoms with Gasteiger partial charge in [0.25, 0.3) is 0 Å². The number of carbonyl (C=O) groups excluding carboxylic acids is 1. The molecule has 0 fully saturated rings. The largest absolute Gasteiger partial charge is 0.359 e. The summed E-state index contributed by atoms with van der Waals surface area (Å²) < 4.78 is 0. The van der Waals surface area contributed by atoms with Crippen LogP contribution in [0.3, 0.4) is 0 Å². The Morgan fingerprint density at radius 2 is 1.62 bits per heavy atom. The molecule has 2 aromatic rings. The minimum absolute atomic E-state index is 0.0207. The molecular weight excluding hydrogens is 258 g/mol. The van der Waals surface area contributed by atoms with Gasteiger partial charge in [-0.3, -0.25) is 4.79 Å². The van der Waals surface area contributed by atoms with Crippen LogP contribution in [0.5, 0.6) is 0 Å². The van der Waals surface area contributed by atoms with Gasteiger partial charge in [0.2, 0.25) is 5.91 Å². The molecule has 0 bridgehead atoms. The average Bonchev–Trinajstić information content (AvgIpc) is 3.01. The molecule has 2 nitrogen and oxygen atoms in total. The Kier molecular flexibility index (Phi) is 3.87. The molecule has 106 valence electrons. The van der Waals surface area contributed by atoms with E-state index in [1.54, 1.807) is 7.05 Å². The molecule has 0 radical (unpaired) electrons. The van der Waals surface area contributed by atoms with Crippen molar-refractivity contribution in [3.8, 4) is 0 Å². The summed E-state index contributed by atoms with van der Waals surface area (Å²) >= 11 is 0. The van der Waals surface area contributed by atoms with E-state index in [-0.39, 0.29) is 17.7 Å². The number of amides is 1. The van der Waals surface area contributed by atoms with Crippen LogP contribution in [-0.2, 0) is 4.79 Å². The van der Waals surface area contributed by atoms with Crippen LogP contribution in [0.4, 0.5) is 0 Å². The molecule has 1 aliphatic carbocycles. The van der Waals surface area contributed by atoms with E-state index in [2.05, 4.69) is 35.7 Å². The molecule has 2 atom stereocenters. The first kappa shape index (κ1) is 13.6. The van der Waals surface area contributed by atoms with Crippen molar-refractivity contribution in [3.05, 3.63) is 77.9 Å². The number of hydrogen-bond acceptors (Lipinski definition) is 1. The summed E-state index contributed by atoms with van der Waals surface area (Å²) in [6.07, 6.45) is 3.05. The zero-order chi connectivity index (χ0) is 14.7. The molecule has 0 aromatic heterocycles. The summed E-state index contributed by atoms with van der Waals surface area (Å²) in [6.45, 7) is 0. The second kappa shape index (κ2) is 5.96. The van der Waals surface area contributed by atoms with Crippen LogP contribution in [0.15, 0.2) is 66.7 Å². The van der Waals surface area contributed by atoms with Crippen molar-refractivity contribution in [2.45, 2.75) is 12.3 Å². The van der Waals surface area contributed by atoms with Crippen LogP contribution < -0.4 is 5.32 Å². The van der Waals surface area contributed by atoms with E-state index < -0.39 is 0 Å². The number of allylic oxidation sites excluding steroid dienone is 2.